The summed E-state index contributed by atoms with van der Waals surface area (Å²) in [7, 11) is 1.61. The van der Waals surface area contributed by atoms with Crippen LogP contribution in [-0.2, 0) is 6.42 Å². The molecule has 2 heterocycles. The average Bonchev–Trinajstić information content (AvgIpc) is 3.27. The number of benzene rings is 2. The van der Waals surface area contributed by atoms with Gasteiger partial charge in [0.25, 0.3) is 11.8 Å². The Labute approximate surface area is 171 Å². The molecule has 152 valence electrons. The van der Waals surface area contributed by atoms with Gasteiger partial charge in [-0.05, 0) is 80.4 Å². The molecular formula is C23H27N3O3. The maximum absolute atomic E-state index is 12.8. The first-order valence-electron chi connectivity index (χ1n) is 10.3. The van der Waals surface area contributed by atoms with Gasteiger partial charge in [0.15, 0.2) is 0 Å². The molecule has 4 rings (SSSR count). The van der Waals surface area contributed by atoms with Gasteiger partial charge in [-0.25, -0.2) is 0 Å². The summed E-state index contributed by atoms with van der Waals surface area (Å²) in [5.41, 5.74) is 2.40. The van der Waals surface area contributed by atoms with Crippen molar-refractivity contribution in [1.82, 2.24) is 15.1 Å². The molecule has 0 radical (unpaired) electrons. The van der Waals surface area contributed by atoms with E-state index in [1.807, 2.05) is 23.1 Å². The lowest BCUT2D eigenvalue weighted by Crippen LogP contribution is -2.42. The molecule has 6 nitrogen and oxygen atoms in total. The molecule has 0 aromatic heterocycles. The molecule has 2 amide bonds. The largest absolute Gasteiger partial charge is 0.457 e. The summed E-state index contributed by atoms with van der Waals surface area (Å²) in [5.74, 6) is 1.35. The third-order valence-electron chi connectivity index (χ3n) is 5.71. The maximum atomic E-state index is 12.8. The van der Waals surface area contributed by atoms with E-state index in [1.165, 1.54) is 12.8 Å². The summed E-state index contributed by atoms with van der Waals surface area (Å²) in [4.78, 5) is 28.9. The summed E-state index contributed by atoms with van der Waals surface area (Å²) < 4.78 is 5.93. The average molecular weight is 393 g/mol. The zero-order valence-corrected chi connectivity index (χ0v) is 16.8. The van der Waals surface area contributed by atoms with Crippen LogP contribution < -0.4 is 10.1 Å². The van der Waals surface area contributed by atoms with E-state index in [9.17, 15) is 9.59 Å². The number of nitrogens with zero attached hydrogens (tertiary/aromatic N) is 2. The number of hydrogen-bond acceptors (Lipinski definition) is 4. The van der Waals surface area contributed by atoms with Crippen LogP contribution in [0.1, 0.15) is 39.1 Å². The fraction of sp³-hybridized carbons (Fsp3) is 0.391. The lowest BCUT2D eigenvalue weighted by Gasteiger charge is -2.30. The first-order valence-corrected chi connectivity index (χ1v) is 10.3. The Kier molecular flexibility index (Phi) is 5.81. The Balaban J connectivity index is 1.40. The number of hydrogen-bond donors (Lipinski definition) is 1. The van der Waals surface area contributed by atoms with E-state index in [-0.39, 0.29) is 11.8 Å². The third-order valence-corrected chi connectivity index (χ3v) is 5.71. The topological polar surface area (TPSA) is 61.9 Å². The molecular weight excluding hydrogens is 366 g/mol. The highest BCUT2D eigenvalue weighted by Gasteiger charge is 2.25. The minimum absolute atomic E-state index is 0.118. The van der Waals surface area contributed by atoms with Gasteiger partial charge >= 0.3 is 0 Å². The number of amides is 2. The van der Waals surface area contributed by atoms with Gasteiger partial charge in [-0.3, -0.25) is 9.59 Å². The number of ether oxygens (including phenoxy) is 1. The third kappa shape index (κ3) is 4.43. The Bertz CT molecular complexity index is 889. The molecule has 1 N–H and O–H groups in total. The predicted molar refractivity (Wildman–Crippen MR) is 112 cm³/mol. The Morgan fingerprint density at radius 3 is 2.45 bits per heavy atom. The van der Waals surface area contributed by atoms with Crippen LogP contribution in [0.3, 0.4) is 0 Å². The van der Waals surface area contributed by atoms with E-state index in [0.29, 0.717) is 17.1 Å². The van der Waals surface area contributed by atoms with Crippen molar-refractivity contribution in [2.45, 2.75) is 19.3 Å². The van der Waals surface area contributed by atoms with Gasteiger partial charge in [-0.1, -0.05) is 0 Å². The van der Waals surface area contributed by atoms with E-state index in [2.05, 4.69) is 10.2 Å². The highest BCUT2D eigenvalue weighted by atomic mass is 16.5. The molecule has 0 spiro atoms. The number of carbonyl (C=O) groups excluding carboxylic acids is 2. The highest BCUT2D eigenvalue weighted by molar-refractivity contribution is 5.97. The fourth-order valence-electron chi connectivity index (χ4n) is 4.01. The second kappa shape index (κ2) is 8.66. The minimum Gasteiger partial charge on any atom is -0.457 e. The first-order chi connectivity index (χ1) is 14.1. The van der Waals surface area contributed by atoms with Crippen LogP contribution in [0.25, 0.3) is 0 Å². The Hall–Kier alpha value is -2.86. The molecule has 1 fully saturated rings. The molecule has 6 heteroatoms. The van der Waals surface area contributed by atoms with Crippen molar-refractivity contribution in [3.63, 3.8) is 0 Å². The Morgan fingerprint density at radius 1 is 1.00 bits per heavy atom. The van der Waals surface area contributed by atoms with Gasteiger partial charge in [-0.2, -0.15) is 0 Å². The van der Waals surface area contributed by atoms with Gasteiger partial charge in [0.1, 0.15) is 11.5 Å². The van der Waals surface area contributed by atoms with Crippen LogP contribution in [0.5, 0.6) is 11.5 Å². The molecule has 2 aromatic carbocycles. The molecule has 0 unspecified atom stereocenters. The van der Waals surface area contributed by atoms with Gasteiger partial charge in [0.2, 0.25) is 0 Å². The molecule has 0 atom stereocenters. The van der Waals surface area contributed by atoms with Crippen LogP contribution in [0.4, 0.5) is 0 Å². The molecule has 0 aliphatic carbocycles. The minimum atomic E-state index is -0.127. The van der Waals surface area contributed by atoms with Crippen LogP contribution >= 0.6 is 0 Å². The van der Waals surface area contributed by atoms with Gasteiger partial charge in [-0.15, -0.1) is 0 Å². The molecule has 2 aliphatic rings. The second-order valence-corrected chi connectivity index (χ2v) is 7.62. The molecule has 29 heavy (non-hydrogen) atoms. The van der Waals surface area contributed by atoms with E-state index in [1.54, 1.807) is 31.3 Å². The monoisotopic (exact) mass is 393 g/mol. The number of rotatable bonds is 6. The molecule has 0 saturated carbocycles. The number of carbonyl (C=O) groups is 2. The number of likely N-dealkylation sites (tertiary alicyclic amines) is 1. The van der Waals surface area contributed by atoms with Crippen molar-refractivity contribution < 1.29 is 14.3 Å². The van der Waals surface area contributed by atoms with E-state index in [4.69, 9.17) is 4.74 Å². The molecule has 0 bridgehead atoms. The maximum Gasteiger partial charge on any atom is 0.254 e. The number of fused-ring (bicyclic) bond motifs is 1. The first kappa shape index (κ1) is 19.5. The van der Waals surface area contributed by atoms with Crippen molar-refractivity contribution in [3.8, 4) is 11.5 Å². The quantitative estimate of drug-likeness (QED) is 0.820. The summed E-state index contributed by atoms with van der Waals surface area (Å²) in [6.07, 6.45) is 3.38. The second-order valence-electron chi connectivity index (χ2n) is 7.62. The van der Waals surface area contributed by atoms with Crippen molar-refractivity contribution in [2.75, 3.05) is 39.8 Å². The number of nitrogens with one attached hydrogen (secondary N) is 1. The Morgan fingerprint density at radius 2 is 1.72 bits per heavy atom. The van der Waals surface area contributed by atoms with E-state index < -0.39 is 0 Å². The smallest absolute Gasteiger partial charge is 0.254 e. The van der Waals surface area contributed by atoms with Crippen molar-refractivity contribution >= 4 is 11.8 Å². The zero-order chi connectivity index (χ0) is 20.2. The summed E-state index contributed by atoms with van der Waals surface area (Å²) in [6, 6.07) is 12.7. The van der Waals surface area contributed by atoms with Crippen molar-refractivity contribution in [3.05, 3.63) is 59.2 Å². The lowest BCUT2D eigenvalue weighted by molar-refractivity contribution is 0.0724. The summed E-state index contributed by atoms with van der Waals surface area (Å²) in [6.45, 7) is 4.83. The van der Waals surface area contributed by atoms with Crippen LogP contribution in [0.2, 0.25) is 0 Å². The molecule has 1 saturated heterocycles. The summed E-state index contributed by atoms with van der Waals surface area (Å²) >= 11 is 0. The van der Waals surface area contributed by atoms with Crippen LogP contribution in [0.15, 0.2) is 42.5 Å². The van der Waals surface area contributed by atoms with E-state index >= 15 is 0 Å². The lowest BCUT2D eigenvalue weighted by atomic mass is 9.98. The van der Waals surface area contributed by atoms with Crippen LogP contribution in [0, 0.1) is 0 Å². The van der Waals surface area contributed by atoms with E-state index in [0.717, 1.165) is 50.3 Å². The molecule has 2 aliphatic heterocycles. The molecule has 2 aromatic rings. The van der Waals surface area contributed by atoms with Crippen LogP contribution in [-0.4, -0.2) is 61.4 Å². The van der Waals surface area contributed by atoms with Crippen molar-refractivity contribution in [2.24, 2.45) is 0 Å². The van der Waals surface area contributed by atoms with Gasteiger partial charge in [0.05, 0.1) is 0 Å². The predicted octanol–water partition coefficient (Wildman–Crippen LogP) is 2.93. The standard InChI is InChI=1S/C23H27N3O3/c1-24-22(27)17-4-6-19(7-5-17)29-20-8-9-21-18(16-20)10-13-26(23(21)28)15-14-25-11-2-3-12-25/h4-9,16H,2-3,10-15H2,1H3,(H,24,27). The van der Waals surface area contributed by atoms with Gasteiger partial charge in [0, 0.05) is 37.8 Å². The SMILES string of the molecule is CNC(=O)c1ccc(Oc2ccc3c(c2)CCN(CCN2CCCC2)C3=O)cc1. The van der Waals surface area contributed by atoms with Crippen molar-refractivity contribution in [1.29, 1.82) is 0 Å². The highest BCUT2D eigenvalue weighted by Crippen LogP contribution is 2.27. The summed E-state index contributed by atoms with van der Waals surface area (Å²) in [5, 5.41) is 2.60. The zero-order valence-electron chi connectivity index (χ0n) is 16.8. The normalized spacial score (nSPS) is 16.6. The fourth-order valence-corrected chi connectivity index (χ4v) is 4.01. The van der Waals surface area contributed by atoms with Gasteiger partial charge < -0.3 is 19.9 Å².